The maximum absolute atomic E-state index is 12.1. The third kappa shape index (κ3) is 7.83. The predicted octanol–water partition coefficient (Wildman–Crippen LogP) is 2.37. The lowest BCUT2D eigenvalue weighted by atomic mass is 10.1. The van der Waals surface area contributed by atoms with Crippen LogP contribution in [0.1, 0.15) is 49.5 Å². The van der Waals surface area contributed by atoms with Gasteiger partial charge >= 0.3 is 0 Å². The molecule has 1 atom stereocenters. The minimum atomic E-state index is -0.0490. The Morgan fingerprint density at radius 2 is 2.03 bits per heavy atom. The molecular weight excluding hydrogens is 481 g/mol. The van der Waals surface area contributed by atoms with E-state index in [0.717, 1.165) is 24.9 Å². The van der Waals surface area contributed by atoms with Crippen LogP contribution in [0.5, 0.6) is 0 Å². The first-order valence-corrected chi connectivity index (χ1v) is 10.1. The normalized spacial score (nSPS) is 16.4. The summed E-state index contributed by atoms with van der Waals surface area (Å²) in [5.41, 5.74) is 1.67. The van der Waals surface area contributed by atoms with Gasteiger partial charge in [-0.3, -0.25) is 14.6 Å². The molecule has 0 aromatic heterocycles. The number of rotatable bonds is 7. The fraction of sp³-hybridized carbons (Fsp3) is 0.571. The van der Waals surface area contributed by atoms with Gasteiger partial charge in [-0.1, -0.05) is 32.9 Å². The van der Waals surface area contributed by atoms with Crippen LogP contribution < -0.4 is 16.0 Å². The summed E-state index contributed by atoms with van der Waals surface area (Å²) in [5, 5.41) is 9.58. The standard InChI is InChI=1S/C21H33N5O2.HI/c1-5-10-23-19(27)17-8-6-7-16(12-17)13-24-21(22-4)25-18-9-11-26(14-18)20(28)15(2)3;/h6-8,12,15,18H,5,9-11,13-14H2,1-4H3,(H,23,27)(H2,22,24,25);1H. The van der Waals surface area contributed by atoms with Crippen LogP contribution in [0.15, 0.2) is 29.3 Å². The van der Waals surface area contributed by atoms with Crippen molar-refractivity contribution in [3.63, 3.8) is 0 Å². The second-order valence-corrected chi connectivity index (χ2v) is 7.45. The molecule has 8 heteroatoms. The van der Waals surface area contributed by atoms with Gasteiger partial charge in [0, 0.05) is 50.7 Å². The molecule has 1 aromatic rings. The summed E-state index contributed by atoms with van der Waals surface area (Å²) in [6.45, 7) is 8.61. The highest BCUT2D eigenvalue weighted by atomic mass is 127. The highest BCUT2D eigenvalue weighted by molar-refractivity contribution is 14.0. The van der Waals surface area contributed by atoms with Crippen molar-refractivity contribution >= 4 is 41.8 Å². The molecule has 1 fully saturated rings. The summed E-state index contributed by atoms with van der Waals surface area (Å²) in [5.74, 6) is 0.875. The maximum Gasteiger partial charge on any atom is 0.251 e. The summed E-state index contributed by atoms with van der Waals surface area (Å²) in [6, 6.07) is 7.78. The number of amides is 2. The van der Waals surface area contributed by atoms with Gasteiger partial charge in [-0.15, -0.1) is 24.0 Å². The second kappa shape index (κ2) is 12.7. The van der Waals surface area contributed by atoms with E-state index in [9.17, 15) is 9.59 Å². The first-order valence-electron chi connectivity index (χ1n) is 10.1. The van der Waals surface area contributed by atoms with E-state index in [1.165, 1.54) is 0 Å². The number of halogens is 1. The highest BCUT2D eigenvalue weighted by Gasteiger charge is 2.27. The first-order chi connectivity index (χ1) is 13.4. The molecule has 0 aliphatic carbocycles. The van der Waals surface area contributed by atoms with Crippen LogP contribution in [-0.4, -0.2) is 55.4 Å². The number of nitrogens with zero attached hydrogens (tertiary/aromatic N) is 2. The zero-order valence-corrected chi connectivity index (χ0v) is 20.2. The fourth-order valence-corrected chi connectivity index (χ4v) is 3.18. The van der Waals surface area contributed by atoms with Crippen LogP contribution in [-0.2, 0) is 11.3 Å². The Balaban J connectivity index is 0.00000420. The minimum absolute atomic E-state index is 0. The zero-order valence-electron chi connectivity index (χ0n) is 17.8. The quantitative estimate of drug-likeness (QED) is 0.296. The van der Waals surface area contributed by atoms with Crippen molar-refractivity contribution in [2.24, 2.45) is 10.9 Å². The monoisotopic (exact) mass is 515 g/mol. The second-order valence-electron chi connectivity index (χ2n) is 7.45. The average Bonchev–Trinajstić information content (AvgIpc) is 3.17. The molecule has 1 aliphatic rings. The van der Waals surface area contributed by atoms with Crippen molar-refractivity contribution in [3.8, 4) is 0 Å². The molecule has 3 N–H and O–H groups in total. The summed E-state index contributed by atoms with van der Waals surface area (Å²) in [4.78, 5) is 30.4. The molecule has 2 rings (SSSR count). The van der Waals surface area contributed by atoms with Crippen LogP contribution >= 0.6 is 24.0 Å². The molecule has 1 aromatic carbocycles. The SMILES string of the molecule is CCCNC(=O)c1cccc(CNC(=NC)NC2CCN(C(=O)C(C)C)C2)c1.I. The van der Waals surface area contributed by atoms with Crippen molar-refractivity contribution < 1.29 is 9.59 Å². The third-order valence-corrected chi connectivity index (χ3v) is 4.74. The largest absolute Gasteiger partial charge is 0.352 e. The number of likely N-dealkylation sites (tertiary alicyclic amines) is 1. The summed E-state index contributed by atoms with van der Waals surface area (Å²) >= 11 is 0. The Bertz CT molecular complexity index is 708. The number of nitrogens with one attached hydrogen (secondary N) is 3. The molecule has 0 spiro atoms. The number of aliphatic imine (C=N–C) groups is 1. The van der Waals surface area contributed by atoms with Gasteiger partial charge in [-0.25, -0.2) is 0 Å². The van der Waals surface area contributed by atoms with Gasteiger partial charge in [-0.2, -0.15) is 0 Å². The lowest BCUT2D eigenvalue weighted by Crippen LogP contribution is -2.45. The van der Waals surface area contributed by atoms with Crippen LogP contribution in [0.2, 0.25) is 0 Å². The van der Waals surface area contributed by atoms with E-state index >= 15 is 0 Å². The third-order valence-electron chi connectivity index (χ3n) is 4.74. The van der Waals surface area contributed by atoms with Crippen LogP contribution in [0.4, 0.5) is 0 Å². The van der Waals surface area contributed by atoms with Gasteiger partial charge in [0.15, 0.2) is 5.96 Å². The van der Waals surface area contributed by atoms with E-state index in [0.29, 0.717) is 31.2 Å². The Morgan fingerprint density at radius 3 is 2.69 bits per heavy atom. The summed E-state index contributed by atoms with van der Waals surface area (Å²) in [6.07, 6.45) is 1.82. The number of hydrogen-bond acceptors (Lipinski definition) is 3. The van der Waals surface area contributed by atoms with E-state index in [1.807, 2.05) is 49.9 Å². The Morgan fingerprint density at radius 1 is 1.28 bits per heavy atom. The fourth-order valence-electron chi connectivity index (χ4n) is 3.18. The van der Waals surface area contributed by atoms with Gasteiger partial charge in [-0.05, 0) is 30.5 Å². The Hall–Kier alpha value is -1.84. The smallest absolute Gasteiger partial charge is 0.251 e. The summed E-state index contributed by atoms with van der Waals surface area (Å²) in [7, 11) is 1.73. The number of benzene rings is 1. The molecular formula is C21H34IN5O2. The van der Waals surface area contributed by atoms with Crippen LogP contribution in [0.3, 0.4) is 0 Å². The molecule has 1 heterocycles. The van der Waals surface area contributed by atoms with Gasteiger partial charge in [0.25, 0.3) is 5.91 Å². The van der Waals surface area contributed by atoms with Crippen molar-refractivity contribution in [1.82, 2.24) is 20.9 Å². The summed E-state index contributed by atoms with van der Waals surface area (Å²) < 4.78 is 0. The van der Waals surface area contributed by atoms with E-state index in [-0.39, 0.29) is 47.8 Å². The number of carbonyl (C=O) groups is 2. The molecule has 0 bridgehead atoms. The van der Waals surface area contributed by atoms with Crippen molar-refractivity contribution in [2.45, 2.75) is 46.2 Å². The Kier molecular flexibility index (Phi) is 11.0. The first kappa shape index (κ1) is 25.2. The van der Waals surface area contributed by atoms with Crippen molar-refractivity contribution in [3.05, 3.63) is 35.4 Å². The molecule has 1 unspecified atom stereocenters. The van der Waals surface area contributed by atoms with Crippen molar-refractivity contribution in [1.29, 1.82) is 0 Å². The molecule has 1 aliphatic heterocycles. The van der Waals surface area contributed by atoms with E-state index < -0.39 is 0 Å². The topological polar surface area (TPSA) is 85.8 Å². The van der Waals surface area contributed by atoms with Crippen LogP contribution in [0, 0.1) is 5.92 Å². The maximum atomic E-state index is 12.1. The lowest BCUT2D eigenvalue weighted by Gasteiger charge is -2.20. The lowest BCUT2D eigenvalue weighted by molar-refractivity contribution is -0.133. The van der Waals surface area contributed by atoms with E-state index in [2.05, 4.69) is 20.9 Å². The van der Waals surface area contributed by atoms with E-state index in [4.69, 9.17) is 0 Å². The van der Waals surface area contributed by atoms with Crippen LogP contribution in [0.25, 0.3) is 0 Å². The van der Waals surface area contributed by atoms with Gasteiger partial charge < -0.3 is 20.9 Å². The molecule has 1 saturated heterocycles. The molecule has 7 nitrogen and oxygen atoms in total. The van der Waals surface area contributed by atoms with Crippen molar-refractivity contribution in [2.75, 3.05) is 26.7 Å². The molecule has 0 saturated carbocycles. The number of carbonyl (C=O) groups excluding carboxylic acids is 2. The minimum Gasteiger partial charge on any atom is -0.352 e. The van der Waals surface area contributed by atoms with Gasteiger partial charge in [0.2, 0.25) is 5.91 Å². The van der Waals surface area contributed by atoms with E-state index in [1.54, 1.807) is 7.05 Å². The highest BCUT2D eigenvalue weighted by Crippen LogP contribution is 2.13. The van der Waals surface area contributed by atoms with Gasteiger partial charge in [0.05, 0.1) is 0 Å². The van der Waals surface area contributed by atoms with Gasteiger partial charge in [0.1, 0.15) is 0 Å². The molecule has 29 heavy (non-hydrogen) atoms. The molecule has 2 amide bonds. The number of hydrogen-bond donors (Lipinski definition) is 3. The number of guanidine groups is 1. The Labute approximate surface area is 191 Å². The average molecular weight is 515 g/mol. The predicted molar refractivity (Wildman–Crippen MR) is 128 cm³/mol. The zero-order chi connectivity index (χ0) is 20.5. The molecule has 0 radical (unpaired) electrons. The molecule has 162 valence electrons.